The summed E-state index contributed by atoms with van der Waals surface area (Å²) in [4.78, 5) is 25.9. The van der Waals surface area contributed by atoms with Crippen molar-refractivity contribution in [3.63, 3.8) is 0 Å². The van der Waals surface area contributed by atoms with Crippen LogP contribution in [0.4, 0.5) is 11.4 Å². The third-order valence-electron chi connectivity index (χ3n) is 3.97. The summed E-state index contributed by atoms with van der Waals surface area (Å²) in [7, 11) is 0. The van der Waals surface area contributed by atoms with Gasteiger partial charge in [-0.25, -0.2) is 0 Å². The maximum absolute atomic E-state index is 12.9. The fourth-order valence-corrected chi connectivity index (χ4v) is 2.97. The lowest BCUT2D eigenvalue weighted by Crippen LogP contribution is -2.48. The highest BCUT2D eigenvalue weighted by Crippen LogP contribution is 2.37. The molecule has 2 amide bonds. The van der Waals surface area contributed by atoms with Crippen molar-refractivity contribution in [3.8, 4) is 0 Å². The molecule has 4 nitrogen and oxygen atoms in total. The van der Waals surface area contributed by atoms with Gasteiger partial charge in [-0.2, -0.15) is 0 Å². The molecule has 1 atom stereocenters. The van der Waals surface area contributed by atoms with Crippen molar-refractivity contribution in [2.45, 2.75) is 11.8 Å². The third kappa shape index (κ3) is 2.51. The molecule has 23 heavy (non-hydrogen) atoms. The normalized spacial score (nSPS) is 20.0. The van der Waals surface area contributed by atoms with E-state index in [1.54, 1.807) is 48.5 Å². The Balaban J connectivity index is 2.16. The van der Waals surface area contributed by atoms with E-state index in [0.717, 1.165) is 0 Å². The summed E-state index contributed by atoms with van der Waals surface area (Å²) in [5, 5.41) is 6.12. The number of halogens is 1. The summed E-state index contributed by atoms with van der Waals surface area (Å²) in [5.41, 5.74) is 0.259. The summed E-state index contributed by atoms with van der Waals surface area (Å²) < 4.78 is 0. The zero-order valence-electron chi connectivity index (χ0n) is 12.3. The average molecular weight is 327 g/mol. The minimum absolute atomic E-state index is 0.191. The molecule has 0 aromatic heterocycles. The molecule has 2 N–H and O–H groups in total. The maximum Gasteiger partial charge on any atom is 0.244 e. The zero-order valence-corrected chi connectivity index (χ0v) is 13.1. The fraction of sp³-hybridized carbons (Fsp3) is 0.111. The number of allylic oxidation sites excluding steroid dienone is 1. The van der Waals surface area contributed by atoms with E-state index in [1.165, 1.54) is 0 Å². The Morgan fingerprint density at radius 1 is 1.00 bits per heavy atom. The highest BCUT2D eigenvalue weighted by molar-refractivity contribution is 6.31. The van der Waals surface area contributed by atoms with Crippen LogP contribution in [0.2, 0.25) is 5.02 Å². The monoisotopic (exact) mass is 326 g/mol. The quantitative estimate of drug-likeness (QED) is 0.666. The summed E-state index contributed by atoms with van der Waals surface area (Å²) in [6.07, 6.45) is 1.77. The van der Waals surface area contributed by atoms with Crippen molar-refractivity contribution < 1.29 is 9.59 Å². The van der Waals surface area contributed by atoms with Gasteiger partial charge in [0.15, 0.2) is 5.41 Å². The van der Waals surface area contributed by atoms with Crippen molar-refractivity contribution in [2.24, 2.45) is 0 Å². The third-order valence-corrected chi connectivity index (χ3v) is 4.21. The molecule has 116 valence electrons. The van der Waals surface area contributed by atoms with E-state index in [4.69, 9.17) is 11.6 Å². The Hall–Kier alpha value is -2.59. The van der Waals surface area contributed by atoms with Crippen LogP contribution in [0.15, 0.2) is 61.2 Å². The standard InChI is InChI=1S/C18H15ClN2O2/c1-2-10-18(12-6-4-3-5-7-12)16(22)20-14-9-8-13(19)11-15(14)21-17(18)23/h2-9,11H,1,10H2,(H,20,22)(H,21,23). The minimum Gasteiger partial charge on any atom is -0.323 e. The van der Waals surface area contributed by atoms with Crippen molar-refractivity contribution in [3.05, 3.63) is 71.8 Å². The van der Waals surface area contributed by atoms with Crippen LogP contribution in [-0.2, 0) is 15.0 Å². The molecule has 2 aromatic rings. The summed E-state index contributed by atoms with van der Waals surface area (Å²) in [6.45, 7) is 3.71. The van der Waals surface area contributed by atoms with Gasteiger partial charge in [0.1, 0.15) is 0 Å². The topological polar surface area (TPSA) is 58.2 Å². The summed E-state index contributed by atoms with van der Waals surface area (Å²) in [6, 6.07) is 13.9. The highest BCUT2D eigenvalue weighted by atomic mass is 35.5. The van der Waals surface area contributed by atoms with Crippen LogP contribution in [0.3, 0.4) is 0 Å². The molecule has 5 heteroatoms. The molecule has 1 aliphatic rings. The van der Waals surface area contributed by atoms with Gasteiger partial charge in [-0.05, 0) is 30.2 Å². The van der Waals surface area contributed by atoms with Crippen molar-refractivity contribution in [2.75, 3.05) is 10.6 Å². The van der Waals surface area contributed by atoms with Crippen molar-refractivity contribution in [1.29, 1.82) is 0 Å². The molecule has 0 saturated carbocycles. The Morgan fingerprint density at radius 2 is 1.65 bits per heavy atom. The molecule has 2 aromatic carbocycles. The predicted molar refractivity (Wildman–Crippen MR) is 91.6 cm³/mol. The summed E-state index contributed by atoms with van der Waals surface area (Å²) in [5.74, 6) is -0.788. The Kier molecular flexibility index (Phi) is 3.92. The number of hydrogen-bond acceptors (Lipinski definition) is 2. The van der Waals surface area contributed by atoms with Crippen LogP contribution in [0, 0.1) is 0 Å². The van der Waals surface area contributed by atoms with Gasteiger partial charge in [-0.3, -0.25) is 9.59 Å². The van der Waals surface area contributed by atoms with Crippen molar-refractivity contribution in [1.82, 2.24) is 0 Å². The summed E-state index contributed by atoms with van der Waals surface area (Å²) >= 11 is 5.98. The van der Waals surface area contributed by atoms with Gasteiger partial charge >= 0.3 is 0 Å². The molecule has 0 spiro atoms. The minimum atomic E-state index is -1.37. The molecule has 0 aliphatic carbocycles. The smallest absolute Gasteiger partial charge is 0.244 e. The van der Waals surface area contributed by atoms with Crippen LogP contribution >= 0.6 is 11.6 Å². The molecule has 0 radical (unpaired) electrons. The van der Waals surface area contributed by atoms with E-state index in [1.807, 2.05) is 6.07 Å². The van der Waals surface area contributed by atoms with Crippen LogP contribution in [-0.4, -0.2) is 11.8 Å². The van der Waals surface area contributed by atoms with Gasteiger partial charge in [0.25, 0.3) is 0 Å². The molecule has 0 bridgehead atoms. The molecular formula is C18H15ClN2O2. The van der Waals surface area contributed by atoms with Crippen LogP contribution in [0.5, 0.6) is 0 Å². The van der Waals surface area contributed by atoms with E-state index in [2.05, 4.69) is 17.2 Å². The number of hydrogen-bond donors (Lipinski definition) is 2. The Bertz CT molecular complexity index is 789. The number of fused-ring (bicyclic) bond motifs is 1. The Labute approximate surface area is 139 Å². The van der Waals surface area contributed by atoms with Crippen molar-refractivity contribution >= 4 is 34.8 Å². The van der Waals surface area contributed by atoms with Gasteiger partial charge in [-0.15, -0.1) is 6.58 Å². The first-order chi connectivity index (χ1) is 11.1. The van der Waals surface area contributed by atoms with Crippen LogP contribution in [0.1, 0.15) is 12.0 Å². The number of nitrogens with one attached hydrogen (secondary N) is 2. The predicted octanol–water partition coefficient (Wildman–Crippen LogP) is 3.74. The van der Waals surface area contributed by atoms with E-state index in [-0.39, 0.29) is 12.3 Å². The lowest BCUT2D eigenvalue weighted by Gasteiger charge is -2.28. The SMILES string of the molecule is C=CCC1(c2ccccc2)C(=O)Nc2ccc(Cl)cc2NC1=O. The molecular weight excluding hydrogens is 312 g/mol. The van der Waals surface area contributed by atoms with E-state index >= 15 is 0 Å². The molecule has 3 rings (SSSR count). The molecule has 1 aliphatic heterocycles. The maximum atomic E-state index is 12.9. The first-order valence-corrected chi connectivity index (χ1v) is 7.54. The number of amides is 2. The first kappa shape index (κ1) is 15.3. The van der Waals surface area contributed by atoms with E-state index in [9.17, 15) is 9.59 Å². The van der Waals surface area contributed by atoms with Gasteiger partial charge < -0.3 is 10.6 Å². The van der Waals surface area contributed by atoms with Crippen LogP contribution < -0.4 is 10.6 Å². The van der Waals surface area contributed by atoms with Gasteiger partial charge in [-0.1, -0.05) is 48.0 Å². The van der Waals surface area contributed by atoms with Crippen LogP contribution in [0.25, 0.3) is 0 Å². The molecule has 0 fully saturated rings. The average Bonchev–Trinajstić information content (AvgIpc) is 2.64. The largest absolute Gasteiger partial charge is 0.323 e. The highest BCUT2D eigenvalue weighted by Gasteiger charge is 2.48. The molecule has 1 heterocycles. The lowest BCUT2D eigenvalue weighted by molar-refractivity contribution is -0.131. The first-order valence-electron chi connectivity index (χ1n) is 7.17. The Morgan fingerprint density at radius 3 is 2.30 bits per heavy atom. The van der Waals surface area contributed by atoms with Gasteiger partial charge in [0, 0.05) is 5.02 Å². The lowest BCUT2D eigenvalue weighted by atomic mass is 9.76. The molecule has 1 unspecified atom stereocenters. The molecule has 0 saturated heterocycles. The second-order valence-electron chi connectivity index (χ2n) is 5.36. The second-order valence-corrected chi connectivity index (χ2v) is 5.80. The van der Waals surface area contributed by atoms with Gasteiger partial charge in [0.2, 0.25) is 11.8 Å². The zero-order chi connectivity index (χ0) is 16.4. The number of benzene rings is 2. The van der Waals surface area contributed by atoms with E-state index in [0.29, 0.717) is 22.0 Å². The van der Waals surface area contributed by atoms with Gasteiger partial charge in [0.05, 0.1) is 11.4 Å². The number of carbonyl (C=O) groups excluding carboxylic acids is 2. The number of carbonyl (C=O) groups is 2. The fourth-order valence-electron chi connectivity index (χ4n) is 2.79. The van der Waals surface area contributed by atoms with E-state index < -0.39 is 11.3 Å². The number of anilines is 2. The second kappa shape index (κ2) is 5.89. The number of rotatable bonds is 3.